The minimum atomic E-state index is 0.481. The topological polar surface area (TPSA) is 12.9 Å². The van der Waals surface area contributed by atoms with Gasteiger partial charge in [0.15, 0.2) is 0 Å². The predicted molar refractivity (Wildman–Crippen MR) is 80.3 cm³/mol. The van der Waals surface area contributed by atoms with Gasteiger partial charge in [-0.2, -0.15) is 0 Å². The minimum absolute atomic E-state index is 0.481. The van der Waals surface area contributed by atoms with E-state index in [0.29, 0.717) is 11.8 Å². The summed E-state index contributed by atoms with van der Waals surface area (Å²) in [5, 5.41) is 0. The Hall–Kier alpha value is -1.11. The van der Waals surface area contributed by atoms with Crippen LogP contribution < -0.4 is 0 Å². The highest BCUT2D eigenvalue weighted by Crippen LogP contribution is 2.28. The zero-order chi connectivity index (χ0) is 13.7. The van der Waals surface area contributed by atoms with Gasteiger partial charge in [-0.05, 0) is 41.9 Å². The number of rotatable bonds is 6. The van der Waals surface area contributed by atoms with E-state index in [1.807, 2.05) is 6.08 Å². The number of hydrogen-bond donors (Lipinski definition) is 0. The Morgan fingerprint density at radius 2 is 1.89 bits per heavy atom. The Morgan fingerprint density at radius 3 is 2.33 bits per heavy atom. The highest BCUT2D eigenvalue weighted by atomic mass is 14.7. The molecule has 1 rings (SSSR count). The van der Waals surface area contributed by atoms with E-state index in [-0.39, 0.29) is 0 Å². The molecule has 18 heavy (non-hydrogen) atoms. The minimum Gasteiger partial charge on any atom is -0.257 e. The largest absolute Gasteiger partial charge is 0.257 e. The van der Waals surface area contributed by atoms with E-state index in [1.54, 1.807) is 0 Å². The Bertz CT molecular complexity index is 373. The summed E-state index contributed by atoms with van der Waals surface area (Å²) in [7, 11) is 0. The number of aromatic nitrogens is 1. The molecule has 0 aliphatic heterocycles. The van der Waals surface area contributed by atoms with Gasteiger partial charge in [0.1, 0.15) is 0 Å². The van der Waals surface area contributed by atoms with Gasteiger partial charge in [-0.1, -0.05) is 47.1 Å². The van der Waals surface area contributed by atoms with Crippen molar-refractivity contribution in [2.45, 2.75) is 65.7 Å². The summed E-state index contributed by atoms with van der Waals surface area (Å²) >= 11 is 0. The Labute approximate surface area is 112 Å². The molecule has 0 radical (unpaired) electrons. The van der Waals surface area contributed by atoms with Crippen molar-refractivity contribution < 1.29 is 0 Å². The first-order chi connectivity index (χ1) is 8.51. The van der Waals surface area contributed by atoms with Crippen LogP contribution in [-0.2, 0) is 12.8 Å². The van der Waals surface area contributed by atoms with Gasteiger partial charge in [0.2, 0.25) is 0 Å². The van der Waals surface area contributed by atoms with Crippen molar-refractivity contribution in [3.8, 4) is 0 Å². The third-order valence-corrected chi connectivity index (χ3v) is 3.27. The zero-order valence-corrected chi connectivity index (χ0v) is 12.6. The van der Waals surface area contributed by atoms with Crippen LogP contribution >= 0.6 is 0 Å². The van der Waals surface area contributed by atoms with Gasteiger partial charge in [-0.3, -0.25) is 4.98 Å². The van der Waals surface area contributed by atoms with Crippen molar-refractivity contribution in [1.82, 2.24) is 4.98 Å². The number of aryl methyl sites for hydroxylation is 1. The molecule has 0 aromatic carbocycles. The van der Waals surface area contributed by atoms with Crippen LogP contribution in [-0.4, -0.2) is 4.98 Å². The molecule has 0 aliphatic carbocycles. The predicted octanol–water partition coefficient (Wildman–Crippen LogP) is 5.01. The molecule has 1 aromatic heterocycles. The highest BCUT2D eigenvalue weighted by molar-refractivity contribution is 5.38. The fourth-order valence-corrected chi connectivity index (χ4v) is 2.41. The van der Waals surface area contributed by atoms with Gasteiger partial charge in [-0.25, -0.2) is 0 Å². The molecule has 0 saturated heterocycles. The van der Waals surface area contributed by atoms with Crippen LogP contribution in [0.4, 0.5) is 0 Å². The number of allylic oxidation sites excluding steroid dienone is 1. The van der Waals surface area contributed by atoms with Crippen molar-refractivity contribution in [3.05, 3.63) is 41.2 Å². The second-order valence-corrected chi connectivity index (χ2v) is 5.62. The smallest absolute Gasteiger partial charge is 0.0470 e. The van der Waals surface area contributed by atoms with Gasteiger partial charge in [0, 0.05) is 11.4 Å². The normalized spacial score (nSPS) is 11.3. The second-order valence-electron chi connectivity index (χ2n) is 5.62. The standard InChI is InChI=1S/C17H27N/c1-7-9-14-11-16(12(3)4)15(10-8-2)17(18-14)13(5)6/h8,11-13H,2,7,9-10H2,1,3-6H3. The van der Waals surface area contributed by atoms with Gasteiger partial charge in [-0.15, -0.1) is 6.58 Å². The van der Waals surface area contributed by atoms with E-state index >= 15 is 0 Å². The molecule has 0 N–H and O–H groups in total. The fraction of sp³-hybridized carbons (Fsp3) is 0.588. The monoisotopic (exact) mass is 245 g/mol. The average Bonchev–Trinajstić information content (AvgIpc) is 2.30. The Balaban J connectivity index is 3.38. The molecule has 0 bridgehead atoms. The summed E-state index contributed by atoms with van der Waals surface area (Å²) in [6.07, 6.45) is 5.16. The molecular formula is C17H27N. The molecule has 100 valence electrons. The lowest BCUT2D eigenvalue weighted by Crippen LogP contribution is -2.08. The summed E-state index contributed by atoms with van der Waals surface area (Å²) in [5.74, 6) is 1.03. The molecule has 0 atom stereocenters. The number of nitrogens with zero attached hydrogens (tertiary/aromatic N) is 1. The third-order valence-electron chi connectivity index (χ3n) is 3.27. The van der Waals surface area contributed by atoms with Crippen LogP contribution in [0.1, 0.15) is 75.4 Å². The highest BCUT2D eigenvalue weighted by Gasteiger charge is 2.15. The van der Waals surface area contributed by atoms with E-state index < -0.39 is 0 Å². The maximum atomic E-state index is 4.88. The van der Waals surface area contributed by atoms with Gasteiger partial charge < -0.3 is 0 Å². The summed E-state index contributed by atoms with van der Waals surface area (Å²) in [4.78, 5) is 4.88. The molecule has 0 aliphatic rings. The molecule has 0 amide bonds. The zero-order valence-electron chi connectivity index (χ0n) is 12.6. The van der Waals surface area contributed by atoms with Crippen LogP contribution in [0.25, 0.3) is 0 Å². The van der Waals surface area contributed by atoms with Crippen molar-refractivity contribution in [3.63, 3.8) is 0 Å². The molecule has 0 saturated carbocycles. The van der Waals surface area contributed by atoms with Crippen molar-refractivity contribution in [2.75, 3.05) is 0 Å². The lowest BCUT2D eigenvalue weighted by Gasteiger charge is -2.19. The number of pyridine rings is 1. The van der Waals surface area contributed by atoms with Crippen molar-refractivity contribution >= 4 is 0 Å². The molecule has 1 heteroatoms. The number of hydrogen-bond acceptors (Lipinski definition) is 1. The van der Waals surface area contributed by atoms with Crippen LogP contribution in [0, 0.1) is 0 Å². The van der Waals surface area contributed by atoms with Crippen molar-refractivity contribution in [1.29, 1.82) is 0 Å². The maximum Gasteiger partial charge on any atom is 0.0470 e. The van der Waals surface area contributed by atoms with Crippen LogP contribution in [0.3, 0.4) is 0 Å². The lowest BCUT2D eigenvalue weighted by molar-refractivity contribution is 0.749. The SMILES string of the molecule is C=CCc1c(C(C)C)cc(CCC)nc1C(C)C. The van der Waals surface area contributed by atoms with Crippen LogP contribution in [0.15, 0.2) is 18.7 Å². The van der Waals surface area contributed by atoms with Gasteiger partial charge in [0.25, 0.3) is 0 Å². The average molecular weight is 245 g/mol. The fourth-order valence-electron chi connectivity index (χ4n) is 2.41. The Morgan fingerprint density at radius 1 is 1.22 bits per heavy atom. The van der Waals surface area contributed by atoms with E-state index in [1.165, 1.54) is 22.5 Å². The van der Waals surface area contributed by atoms with E-state index in [2.05, 4.69) is 47.3 Å². The van der Waals surface area contributed by atoms with Crippen LogP contribution in [0.2, 0.25) is 0 Å². The molecule has 1 nitrogen and oxygen atoms in total. The summed E-state index contributed by atoms with van der Waals surface area (Å²) in [6.45, 7) is 15.1. The van der Waals surface area contributed by atoms with Gasteiger partial charge in [0.05, 0.1) is 0 Å². The van der Waals surface area contributed by atoms with E-state index in [0.717, 1.165) is 19.3 Å². The second kappa shape index (κ2) is 6.72. The lowest BCUT2D eigenvalue weighted by atomic mass is 9.90. The van der Waals surface area contributed by atoms with E-state index in [9.17, 15) is 0 Å². The third kappa shape index (κ3) is 3.44. The molecule has 1 heterocycles. The molecular weight excluding hydrogens is 218 g/mol. The molecule has 0 spiro atoms. The molecule has 0 fully saturated rings. The molecule has 0 unspecified atom stereocenters. The summed E-state index contributed by atoms with van der Waals surface area (Å²) in [5.41, 5.74) is 5.37. The summed E-state index contributed by atoms with van der Waals surface area (Å²) in [6, 6.07) is 2.30. The van der Waals surface area contributed by atoms with Crippen molar-refractivity contribution in [2.24, 2.45) is 0 Å². The Kier molecular flexibility index (Phi) is 5.58. The first kappa shape index (κ1) is 14.9. The first-order valence-corrected chi connectivity index (χ1v) is 7.14. The van der Waals surface area contributed by atoms with E-state index in [4.69, 9.17) is 4.98 Å². The summed E-state index contributed by atoms with van der Waals surface area (Å²) < 4.78 is 0. The quantitative estimate of drug-likeness (QED) is 0.642. The first-order valence-electron chi connectivity index (χ1n) is 7.14. The molecule has 1 aromatic rings. The van der Waals surface area contributed by atoms with Gasteiger partial charge >= 0.3 is 0 Å². The van der Waals surface area contributed by atoms with Crippen LogP contribution in [0.5, 0.6) is 0 Å². The maximum absolute atomic E-state index is 4.88.